The molecule has 1 saturated heterocycles. The molecule has 0 unspecified atom stereocenters. The summed E-state index contributed by atoms with van der Waals surface area (Å²) >= 11 is 0. The molecular formula is C20H21F3N6O2. The SMILES string of the molecule is COc1nc(C)cc(C(=O)N2CC[C@@H](C)[C@H](c3cc(C(F)F)nc4ncnn34)C2)c1F. The molecule has 0 spiro atoms. The Labute approximate surface area is 176 Å². The Bertz CT molecular complexity index is 1140. The molecule has 0 aromatic carbocycles. The molecule has 4 rings (SSSR count). The quantitative estimate of drug-likeness (QED) is 0.627. The Morgan fingerprint density at radius 2 is 2.06 bits per heavy atom. The first-order valence-electron chi connectivity index (χ1n) is 9.79. The summed E-state index contributed by atoms with van der Waals surface area (Å²) in [5.74, 6) is -1.74. The number of alkyl halides is 2. The largest absolute Gasteiger partial charge is 0.479 e. The van der Waals surface area contributed by atoms with Crippen LogP contribution in [0.15, 0.2) is 18.5 Å². The predicted octanol–water partition coefficient (Wildman–Crippen LogP) is 3.18. The van der Waals surface area contributed by atoms with E-state index in [1.165, 1.54) is 35.0 Å². The monoisotopic (exact) mass is 434 g/mol. The molecule has 0 saturated carbocycles. The predicted molar refractivity (Wildman–Crippen MR) is 104 cm³/mol. The van der Waals surface area contributed by atoms with Crippen LogP contribution in [0.3, 0.4) is 0 Å². The zero-order chi connectivity index (χ0) is 22.3. The average Bonchev–Trinajstić information content (AvgIpc) is 3.23. The second kappa shape index (κ2) is 8.12. The Morgan fingerprint density at radius 1 is 1.29 bits per heavy atom. The van der Waals surface area contributed by atoms with Crippen LogP contribution in [0.2, 0.25) is 0 Å². The van der Waals surface area contributed by atoms with E-state index in [0.29, 0.717) is 24.4 Å². The van der Waals surface area contributed by atoms with Crippen molar-refractivity contribution in [3.05, 3.63) is 46.9 Å². The molecule has 4 heterocycles. The van der Waals surface area contributed by atoms with Crippen LogP contribution in [-0.4, -0.2) is 55.6 Å². The number of methoxy groups -OCH3 is 1. The highest BCUT2D eigenvalue weighted by Gasteiger charge is 2.34. The fourth-order valence-corrected chi connectivity index (χ4v) is 3.96. The number of hydrogen-bond acceptors (Lipinski definition) is 6. The number of carbonyl (C=O) groups is 1. The van der Waals surface area contributed by atoms with E-state index >= 15 is 0 Å². The molecule has 164 valence electrons. The summed E-state index contributed by atoms with van der Waals surface area (Å²) in [6.45, 7) is 4.25. The summed E-state index contributed by atoms with van der Waals surface area (Å²) < 4.78 is 47.8. The van der Waals surface area contributed by atoms with Crippen LogP contribution in [-0.2, 0) is 0 Å². The number of carbonyl (C=O) groups excluding carboxylic acids is 1. The molecule has 0 aliphatic carbocycles. The van der Waals surface area contributed by atoms with Crippen molar-refractivity contribution < 1.29 is 22.7 Å². The van der Waals surface area contributed by atoms with Gasteiger partial charge in [-0.25, -0.2) is 27.7 Å². The van der Waals surface area contributed by atoms with Gasteiger partial charge < -0.3 is 9.64 Å². The third-order valence-corrected chi connectivity index (χ3v) is 5.63. The number of pyridine rings is 1. The number of aryl methyl sites for hydroxylation is 1. The lowest BCUT2D eigenvalue weighted by molar-refractivity contribution is 0.0659. The van der Waals surface area contributed by atoms with E-state index in [2.05, 4.69) is 20.1 Å². The van der Waals surface area contributed by atoms with E-state index in [1.54, 1.807) is 6.92 Å². The molecule has 1 amide bonds. The Balaban J connectivity index is 1.70. The number of amides is 1. The first-order chi connectivity index (χ1) is 14.8. The van der Waals surface area contributed by atoms with Crippen LogP contribution >= 0.6 is 0 Å². The first-order valence-corrected chi connectivity index (χ1v) is 9.79. The number of rotatable bonds is 4. The molecule has 2 atom stereocenters. The molecule has 8 nitrogen and oxygen atoms in total. The topological polar surface area (TPSA) is 85.5 Å². The van der Waals surface area contributed by atoms with Crippen molar-refractivity contribution in [3.8, 4) is 5.88 Å². The third-order valence-electron chi connectivity index (χ3n) is 5.63. The van der Waals surface area contributed by atoms with Crippen molar-refractivity contribution in [1.82, 2.24) is 29.5 Å². The minimum absolute atomic E-state index is 0.0722. The maximum absolute atomic E-state index is 14.7. The summed E-state index contributed by atoms with van der Waals surface area (Å²) in [6.07, 6.45) is -0.904. The van der Waals surface area contributed by atoms with Crippen molar-refractivity contribution >= 4 is 11.7 Å². The maximum Gasteiger partial charge on any atom is 0.280 e. The van der Waals surface area contributed by atoms with Gasteiger partial charge in [-0.05, 0) is 31.4 Å². The average molecular weight is 434 g/mol. The maximum atomic E-state index is 14.7. The molecule has 1 aliphatic heterocycles. The summed E-state index contributed by atoms with van der Waals surface area (Å²) in [5.41, 5.74) is 0.411. The van der Waals surface area contributed by atoms with E-state index in [0.717, 1.165) is 0 Å². The van der Waals surface area contributed by atoms with Gasteiger partial charge in [-0.1, -0.05) is 6.92 Å². The van der Waals surface area contributed by atoms with Gasteiger partial charge >= 0.3 is 0 Å². The highest BCUT2D eigenvalue weighted by Crippen LogP contribution is 2.34. The van der Waals surface area contributed by atoms with Gasteiger partial charge in [-0.3, -0.25) is 4.79 Å². The van der Waals surface area contributed by atoms with Crippen molar-refractivity contribution in [3.63, 3.8) is 0 Å². The fraction of sp³-hybridized carbons (Fsp3) is 0.450. The summed E-state index contributed by atoms with van der Waals surface area (Å²) in [6, 6.07) is 2.69. The molecule has 1 aliphatic rings. The number of ether oxygens (including phenoxy) is 1. The summed E-state index contributed by atoms with van der Waals surface area (Å²) in [7, 11) is 1.28. The fourth-order valence-electron chi connectivity index (χ4n) is 3.96. The van der Waals surface area contributed by atoms with E-state index in [4.69, 9.17) is 4.74 Å². The van der Waals surface area contributed by atoms with E-state index in [-0.39, 0.29) is 35.6 Å². The molecular weight excluding hydrogens is 413 g/mol. The molecule has 0 N–H and O–H groups in total. The number of fused-ring (bicyclic) bond motifs is 1. The third kappa shape index (κ3) is 3.79. The minimum atomic E-state index is -2.77. The zero-order valence-corrected chi connectivity index (χ0v) is 17.2. The molecule has 11 heteroatoms. The number of halogens is 3. The lowest BCUT2D eigenvalue weighted by Gasteiger charge is -2.37. The molecule has 1 fully saturated rings. The van der Waals surface area contributed by atoms with Crippen molar-refractivity contribution in [1.29, 1.82) is 0 Å². The Morgan fingerprint density at radius 3 is 2.77 bits per heavy atom. The molecule has 3 aromatic rings. The van der Waals surface area contributed by atoms with Crippen LogP contribution < -0.4 is 4.74 Å². The van der Waals surface area contributed by atoms with Gasteiger partial charge in [0.2, 0.25) is 0 Å². The number of piperidine rings is 1. The standard InChI is InChI=1S/C20H21F3N6O2/c1-10-4-5-28(19(30)12-6-11(2)26-18(31-3)16(12)21)8-13(10)15-7-14(17(22)23)27-20-24-9-25-29(15)20/h6-7,9-10,13,17H,4-5,8H2,1-3H3/t10-,13-/m1/s1. The summed E-state index contributed by atoms with van der Waals surface area (Å²) in [4.78, 5) is 26.4. The van der Waals surface area contributed by atoms with Crippen LogP contribution in [0.5, 0.6) is 5.88 Å². The minimum Gasteiger partial charge on any atom is -0.479 e. The van der Waals surface area contributed by atoms with Crippen LogP contribution in [0.1, 0.15) is 53.1 Å². The van der Waals surface area contributed by atoms with Gasteiger partial charge in [0.1, 0.15) is 12.0 Å². The van der Waals surface area contributed by atoms with Gasteiger partial charge in [-0.15, -0.1) is 0 Å². The second-order valence-corrected chi connectivity index (χ2v) is 7.64. The Kier molecular flexibility index (Phi) is 5.50. The number of aromatic nitrogens is 5. The van der Waals surface area contributed by atoms with Gasteiger partial charge in [-0.2, -0.15) is 10.1 Å². The van der Waals surface area contributed by atoms with Crippen molar-refractivity contribution in [2.45, 2.75) is 32.6 Å². The number of nitrogens with zero attached hydrogens (tertiary/aromatic N) is 6. The first kappa shape index (κ1) is 21.0. The highest BCUT2D eigenvalue weighted by atomic mass is 19.3. The molecule has 31 heavy (non-hydrogen) atoms. The van der Waals surface area contributed by atoms with Crippen molar-refractivity contribution in [2.75, 3.05) is 20.2 Å². The number of hydrogen-bond donors (Lipinski definition) is 0. The smallest absolute Gasteiger partial charge is 0.280 e. The van der Waals surface area contributed by atoms with Gasteiger partial charge in [0.05, 0.1) is 18.4 Å². The zero-order valence-electron chi connectivity index (χ0n) is 17.2. The second-order valence-electron chi connectivity index (χ2n) is 7.64. The molecule has 0 bridgehead atoms. The lowest BCUT2D eigenvalue weighted by Crippen LogP contribution is -2.43. The number of likely N-dealkylation sites (tertiary alicyclic amines) is 1. The molecule has 0 radical (unpaired) electrons. The van der Waals surface area contributed by atoms with Gasteiger partial charge in [0.15, 0.2) is 5.82 Å². The van der Waals surface area contributed by atoms with Crippen LogP contribution in [0, 0.1) is 18.7 Å². The van der Waals surface area contributed by atoms with Crippen LogP contribution in [0.4, 0.5) is 13.2 Å². The summed E-state index contributed by atoms with van der Waals surface area (Å²) in [5, 5.41) is 4.12. The van der Waals surface area contributed by atoms with E-state index < -0.39 is 23.8 Å². The van der Waals surface area contributed by atoms with Gasteiger partial charge in [0, 0.05) is 24.7 Å². The Hall–Kier alpha value is -3.24. The van der Waals surface area contributed by atoms with E-state index in [9.17, 15) is 18.0 Å². The lowest BCUT2D eigenvalue weighted by atomic mass is 9.84. The molecule has 3 aromatic heterocycles. The van der Waals surface area contributed by atoms with E-state index in [1.807, 2.05) is 6.92 Å². The highest BCUT2D eigenvalue weighted by molar-refractivity contribution is 5.95. The normalized spacial score (nSPS) is 19.3. The van der Waals surface area contributed by atoms with Gasteiger partial charge in [0.25, 0.3) is 24.0 Å². The van der Waals surface area contributed by atoms with Crippen molar-refractivity contribution in [2.24, 2.45) is 5.92 Å². The van der Waals surface area contributed by atoms with Crippen LogP contribution in [0.25, 0.3) is 5.78 Å².